The van der Waals surface area contributed by atoms with Gasteiger partial charge >= 0.3 is 0 Å². The highest BCUT2D eigenvalue weighted by molar-refractivity contribution is 8.13. The van der Waals surface area contributed by atoms with Gasteiger partial charge in [0.05, 0.1) is 13.2 Å². The number of aryl methyl sites for hydroxylation is 3. The van der Waals surface area contributed by atoms with Crippen molar-refractivity contribution in [1.29, 1.82) is 0 Å². The average molecular weight is 334 g/mol. The molecule has 0 aliphatic rings. The fourth-order valence-electron chi connectivity index (χ4n) is 2.67. The van der Waals surface area contributed by atoms with Crippen molar-refractivity contribution >= 4 is 23.6 Å². The van der Waals surface area contributed by atoms with Gasteiger partial charge in [0.15, 0.2) is 0 Å². The molecule has 0 bridgehead atoms. The first kappa shape index (κ1) is 17.4. The van der Waals surface area contributed by atoms with Gasteiger partial charge < -0.3 is 9.05 Å². The highest BCUT2D eigenvalue weighted by atomic mass is 32.5. The van der Waals surface area contributed by atoms with Gasteiger partial charge in [-0.25, -0.2) is 0 Å². The Kier molecular flexibility index (Phi) is 5.94. The third-order valence-corrected chi connectivity index (χ3v) is 6.95. The Labute approximate surface area is 138 Å². The first-order chi connectivity index (χ1) is 10.5. The molecule has 22 heavy (non-hydrogen) atoms. The molecule has 0 spiro atoms. The summed E-state index contributed by atoms with van der Waals surface area (Å²) in [5.41, 5.74) is 4.66. The molecule has 2 aromatic rings. The second-order valence-corrected chi connectivity index (χ2v) is 8.82. The standard InChI is InChI=1S/C18H23O2PS/c1-5-19-21(22,20-13-17-9-7-6-8-10-17)18-15(3)11-14(2)12-16(18)4/h6-12H,5,13H2,1-4H3. The smallest absolute Gasteiger partial charge is 0.220 e. The predicted molar refractivity (Wildman–Crippen MR) is 97.4 cm³/mol. The van der Waals surface area contributed by atoms with E-state index in [0.29, 0.717) is 13.2 Å². The lowest BCUT2D eigenvalue weighted by Gasteiger charge is -2.25. The molecule has 0 amide bonds. The topological polar surface area (TPSA) is 18.5 Å². The molecule has 0 radical (unpaired) electrons. The van der Waals surface area contributed by atoms with Crippen LogP contribution in [0.5, 0.6) is 0 Å². The van der Waals surface area contributed by atoms with Crippen molar-refractivity contribution in [2.24, 2.45) is 0 Å². The molecule has 0 aromatic heterocycles. The maximum atomic E-state index is 6.15. The van der Waals surface area contributed by atoms with Crippen LogP contribution in [0.4, 0.5) is 0 Å². The van der Waals surface area contributed by atoms with Gasteiger partial charge in [-0.15, -0.1) is 0 Å². The molecule has 1 unspecified atom stereocenters. The van der Waals surface area contributed by atoms with Gasteiger partial charge in [-0.3, -0.25) is 0 Å². The van der Waals surface area contributed by atoms with E-state index in [1.165, 1.54) is 5.56 Å². The number of hydrogen-bond acceptors (Lipinski definition) is 3. The molecule has 0 N–H and O–H groups in total. The first-order valence-corrected chi connectivity index (χ1v) is 10.1. The van der Waals surface area contributed by atoms with Crippen LogP contribution in [-0.2, 0) is 27.5 Å². The summed E-state index contributed by atoms with van der Waals surface area (Å²) in [5.74, 6) is 0. The van der Waals surface area contributed by atoms with Crippen molar-refractivity contribution in [2.45, 2.75) is 34.3 Å². The summed E-state index contributed by atoms with van der Waals surface area (Å²) in [6.45, 7) is 6.76. The minimum Gasteiger partial charge on any atom is -0.326 e. The summed E-state index contributed by atoms with van der Waals surface area (Å²) in [4.78, 5) is 0. The van der Waals surface area contributed by atoms with E-state index in [0.717, 1.165) is 22.0 Å². The van der Waals surface area contributed by atoms with E-state index in [9.17, 15) is 0 Å². The van der Waals surface area contributed by atoms with Gasteiger partial charge in [-0.2, -0.15) is 0 Å². The summed E-state index contributed by atoms with van der Waals surface area (Å²) < 4.78 is 12.1. The molecule has 0 fully saturated rings. The van der Waals surface area contributed by atoms with Crippen LogP contribution >= 0.6 is 6.49 Å². The van der Waals surface area contributed by atoms with Gasteiger partial charge in [0, 0.05) is 5.30 Å². The van der Waals surface area contributed by atoms with Gasteiger partial charge in [0.25, 0.3) is 0 Å². The molecular weight excluding hydrogens is 311 g/mol. The summed E-state index contributed by atoms with van der Waals surface area (Å²) >= 11 is 5.85. The molecule has 0 aliphatic heterocycles. The zero-order chi connectivity index (χ0) is 16.2. The minimum absolute atomic E-state index is 0.477. The summed E-state index contributed by atoms with van der Waals surface area (Å²) in [6.07, 6.45) is 0. The van der Waals surface area contributed by atoms with Crippen LogP contribution < -0.4 is 5.30 Å². The van der Waals surface area contributed by atoms with Crippen molar-refractivity contribution in [3.8, 4) is 0 Å². The number of rotatable bonds is 6. The van der Waals surface area contributed by atoms with Crippen molar-refractivity contribution in [2.75, 3.05) is 6.61 Å². The first-order valence-electron chi connectivity index (χ1n) is 7.47. The van der Waals surface area contributed by atoms with Crippen molar-refractivity contribution in [3.63, 3.8) is 0 Å². The van der Waals surface area contributed by atoms with Crippen LogP contribution in [-0.4, -0.2) is 6.61 Å². The minimum atomic E-state index is -2.50. The average Bonchev–Trinajstić information content (AvgIpc) is 2.45. The van der Waals surface area contributed by atoms with Crippen LogP contribution in [0, 0.1) is 20.8 Å². The maximum absolute atomic E-state index is 6.15. The molecule has 4 heteroatoms. The van der Waals surface area contributed by atoms with Crippen LogP contribution in [0.1, 0.15) is 29.2 Å². The molecule has 2 rings (SSSR count). The molecule has 0 saturated heterocycles. The zero-order valence-corrected chi connectivity index (χ0v) is 15.3. The van der Waals surface area contributed by atoms with E-state index in [1.807, 2.05) is 37.3 Å². The second-order valence-electron chi connectivity index (χ2n) is 5.42. The SMILES string of the molecule is CCOP(=S)(OCc1ccccc1)c1c(C)cc(C)cc1C. The molecule has 0 heterocycles. The van der Waals surface area contributed by atoms with Gasteiger partial charge in [0.2, 0.25) is 6.49 Å². The van der Waals surface area contributed by atoms with E-state index < -0.39 is 6.49 Å². The van der Waals surface area contributed by atoms with E-state index in [2.05, 4.69) is 32.9 Å². The Hall–Kier alpha value is -0.990. The van der Waals surface area contributed by atoms with Gasteiger partial charge in [-0.05, 0) is 56.2 Å². The van der Waals surface area contributed by atoms with Crippen molar-refractivity contribution < 1.29 is 9.05 Å². The number of benzene rings is 2. The lowest BCUT2D eigenvalue weighted by Crippen LogP contribution is -2.17. The lowest BCUT2D eigenvalue weighted by molar-refractivity contribution is 0.256. The highest BCUT2D eigenvalue weighted by Gasteiger charge is 2.26. The van der Waals surface area contributed by atoms with E-state index in [4.69, 9.17) is 20.9 Å². The van der Waals surface area contributed by atoms with Gasteiger partial charge in [0.1, 0.15) is 0 Å². The molecular formula is C18H23O2PS. The van der Waals surface area contributed by atoms with Crippen LogP contribution in [0.3, 0.4) is 0 Å². The van der Waals surface area contributed by atoms with E-state index in [-0.39, 0.29) is 0 Å². The third kappa shape index (κ3) is 4.05. The van der Waals surface area contributed by atoms with Crippen molar-refractivity contribution in [1.82, 2.24) is 0 Å². The van der Waals surface area contributed by atoms with E-state index >= 15 is 0 Å². The summed E-state index contributed by atoms with van der Waals surface area (Å²) in [7, 11) is 0. The molecule has 118 valence electrons. The summed E-state index contributed by atoms with van der Waals surface area (Å²) in [6, 6.07) is 14.4. The van der Waals surface area contributed by atoms with Gasteiger partial charge in [-0.1, -0.05) is 48.0 Å². The normalized spacial score (nSPS) is 13.8. The lowest BCUT2D eigenvalue weighted by atomic mass is 10.1. The molecule has 1 atom stereocenters. The summed E-state index contributed by atoms with van der Waals surface area (Å²) in [5, 5.41) is 1.06. The molecule has 0 saturated carbocycles. The molecule has 2 nitrogen and oxygen atoms in total. The Morgan fingerprint density at radius 1 is 0.955 bits per heavy atom. The molecule has 0 aliphatic carbocycles. The fourth-order valence-corrected chi connectivity index (χ4v) is 6.00. The Morgan fingerprint density at radius 3 is 2.09 bits per heavy atom. The third-order valence-electron chi connectivity index (χ3n) is 3.45. The Morgan fingerprint density at radius 2 is 1.55 bits per heavy atom. The quantitative estimate of drug-likeness (QED) is 0.707. The Balaban J connectivity index is 2.34. The fraction of sp³-hybridized carbons (Fsp3) is 0.333. The highest BCUT2D eigenvalue weighted by Crippen LogP contribution is 2.50. The van der Waals surface area contributed by atoms with Crippen LogP contribution in [0.15, 0.2) is 42.5 Å². The predicted octanol–water partition coefficient (Wildman–Crippen LogP) is 4.80. The second kappa shape index (κ2) is 7.52. The molecule has 2 aromatic carbocycles. The monoisotopic (exact) mass is 334 g/mol. The zero-order valence-electron chi connectivity index (χ0n) is 13.6. The maximum Gasteiger partial charge on any atom is 0.220 e. The van der Waals surface area contributed by atoms with Crippen LogP contribution in [0.25, 0.3) is 0 Å². The van der Waals surface area contributed by atoms with Crippen molar-refractivity contribution in [3.05, 3.63) is 64.7 Å². The number of hydrogen-bond donors (Lipinski definition) is 0. The van der Waals surface area contributed by atoms with Crippen LogP contribution in [0.2, 0.25) is 0 Å². The van der Waals surface area contributed by atoms with E-state index in [1.54, 1.807) is 0 Å². The Bertz CT molecular complexity index is 660. The largest absolute Gasteiger partial charge is 0.326 e.